The van der Waals surface area contributed by atoms with Gasteiger partial charge in [0.05, 0.1) is 20.1 Å². The molecule has 2 N–H and O–H groups in total. The third-order valence-electron chi connectivity index (χ3n) is 3.87. The van der Waals surface area contributed by atoms with Gasteiger partial charge < -0.3 is 24.8 Å². The standard InChI is InChI=1S/C20H24N2O5/c1-4-27-19(24)12-14-5-8-16(9-6-14)21-20(25)22(2)13-15-7-10-18(26-3)17(23)11-15/h5-11,23H,4,12-13H2,1-3H3,(H,21,25). The summed E-state index contributed by atoms with van der Waals surface area (Å²) >= 11 is 0. The van der Waals surface area contributed by atoms with Crippen molar-refractivity contribution in [2.75, 3.05) is 26.1 Å². The number of benzene rings is 2. The van der Waals surface area contributed by atoms with Gasteiger partial charge in [0.25, 0.3) is 0 Å². The Morgan fingerprint density at radius 3 is 2.37 bits per heavy atom. The maximum atomic E-state index is 12.3. The minimum Gasteiger partial charge on any atom is -0.504 e. The van der Waals surface area contributed by atoms with Crippen LogP contribution in [-0.4, -0.2) is 42.8 Å². The number of hydrogen-bond donors (Lipinski definition) is 2. The summed E-state index contributed by atoms with van der Waals surface area (Å²) in [6.45, 7) is 2.44. The number of rotatable bonds is 7. The molecule has 0 unspecified atom stereocenters. The van der Waals surface area contributed by atoms with Crippen LogP contribution in [0.1, 0.15) is 18.1 Å². The van der Waals surface area contributed by atoms with Crippen LogP contribution in [0.15, 0.2) is 42.5 Å². The third-order valence-corrected chi connectivity index (χ3v) is 3.87. The maximum Gasteiger partial charge on any atom is 0.321 e. The Morgan fingerprint density at radius 2 is 1.78 bits per heavy atom. The second kappa shape index (κ2) is 9.47. The fourth-order valence-corrected chi connectivity index (χ4v) is 2.48. The molecule has 0 aromatic heterocycles. The first-order valence-corrected chi connectivity index (χ1v) is 8.55. The van der Waals surface area contributed by atoms with Crippen LogP contribution >= 0.6 is 0 Å². The van der Waals surface area contributed by atoms with E-state index < -0.39 is 0 Å². The second-order valence-electron chi connectivity index (χ2n) is 5.97. The van der Waals surface area contributed by atoms with E-state index >= 15 is 0 Å². The Labute approximate surface area is 158 Å². The number of anilines is 1. The summed E-state index contributed by atoms with van der Waals surface area (Å²) in [7, 11) is 3.14. The normalized spacial score (nSPS) is 10.2. The lowest BCUT2D eigenvalue weighted by Crippen LogP contribution is -2.30. The Bertz CT molecular complexity index is 789. The maximum absolute atomic E-state index is 12.3. The highest BCUT2D eigenvalue weighted by molar-refractivity contribution is 5.89. The number of urea groups is 1. The number of esters is 1. The van der Waals surface area contributed by atoms with Gasteiger partial charge in [0.15, 0.2) is 11.5 Å². The largest absolute Gasteiger partial charge is 0.504 e. The van der Waals surface area contributed by atoms with Crippen molar-refractivity contribution >= 4 is 17.7 Å². The van der Waals surface area contributed by atoms with E-state index in [0.717, 1.165) is 11.1 Å². The molecule has 0 atom stereocenters. The summed E-state index contributed by atoms with van der Waals surface area (Å²) in [6.07, 6.45) is 0.197. The SMILES string of the molecule is CCOC(=O)Cc1ccc(NC(=O)N(C)Cc2ccc(OC)c(O)c2)cc1. The molecule has 0 spiro atoms. The van der Waals surface area contributed by atoms with Crippen molar-refractivity contribution in [2.45, 2.75) is 19.9 Å². The minimum atomic E-state index is -0.288. The molecule has 0 aliphatic heterocycles. The molecule has 27 heavy (non-hydrogen) atoms. The van der Waals surface area contributed by atoms with Gasteiger partial charge in [-0.1, -0.05) is 18.2 Å². The Morgan fingerprint density at radius 1 is 1.11 bits per heavy atom. The minimum absolute atomic E-state index is 0.0287. The van der Waals surface area contributed by atoms with Crippen LogP contribution in [0.2, 0.25) is 0 Å². The summed E-state index contributed by atoms with van der Waals surface area (Å²) in [5, 5.41) is 12.6. The summed E-state index contributed by atoms with van der Waals surface area (Å²) in [6, 6.07) is 11.7. The van der Waals surface area contributed by atoms with Crippen molar-refractivity contribution in [1.29, 1.82) is 0 Å². The molecule has 2 amide bonds. The molecule has 0 saturated heterocycles. The Balaban J connectivity index is 1.92. The molecule has 2 aromatic rings. The average Bonchev–Trinajstić information content (AvgIpc) is 2.63. The molecule has 0 aliphatic carbocycles. The predicted molar refractivity (Wildman–Crippen MR) is 102 cm³/mol. The van der Waals surface area contributed by atoms with E-state index in [1.54, 1.807) is 56.4 Å². The second-order valence-corrected chi connectivity index (χ2v) is 5.97. The molecule has 0 heterocycles. The van der Waals surface area contributed by atoms with Gasteiger partial charge in [0.2, 0.25) is 0 Å². The van der Waals surface area contributed by atoms with Crippen molar-refractivity contribution in [2.24, 2.45) is 0 Å². The van der Waals surface area contributed by atoms with Gasteiger partial charge in [0, 0.05) is 19.3 Å². The topological polar surface area (TPSA) is 88.1 Å². The number of carbonyl (C=O) groups excluding carboxylic acids is 2. The zero-order valence-electron chi connectivity index (χ0n) is 15.7. The number of methoxy groups -OCH3 is 1. The van der Waals surface area contributed by atoms with Crippen LogP contribution in [0, 0.1) is 0 Å². The van der Waals surface area contributed by atoms with Crippen LogP contribution < -0.4 is 10.1 Å². The van der Waals surface area contributed by atoms with Crippen molar-refractivity contribution in [3.63, 3.8) is 0 Å². The van der Waals surface area contributed by atoms with Gasteiger partial charge in [-0.25, -0.2) is 4.79 Å². The molecular formula is C20H24N2O5. The third kappa shape index (κ3) is 5.91. The van der Waals surface area contributed by atoms with Gasteiger partial charge in [-0.15, -0.1) is 0 Å². The van der Waals surface area contributed by atoms with Crippen LogP contribution in [0.4, 0.5) is 10.5 Å². The molecule has 7 nitrogen and oxygen atoms in total. The van der Waals surface area contributed by atoms with Gasteiger partial charge in [-0.2, -0.15) is 0 Å². The summed E-state index contributed by atoms with van der Waals surface area (Å²) < 4.78 is 9.92. The quantitative estimate of drug-likeness (QED) is 0.729. The Hall–Kier alpha value is -3.22. The molecule has 0 aliphatic rings. The van der Waals surface area contributed by atoms with Crippen LogP contribution in [-0.2, 0) is 22.5 Å². The number of carbonyl (C=O) groups is 2. The van der Waals surface area contributed by atoms with Crippen LogP contribution in [0.25, 0.3) is 0 Å². The molecular weight excluding hydrogens is 348 g/mol. The molecule has 2 rings (SSSR count). The number of amides is 2. The first-order valence-electron chi connectivity index (χ1n) is 8.55. The highest BCUT2D eigenvalue weighted by atomic mass is 16.5. The van der Waals surface area contributed by atoms with Gasteiger partial charge in [-0.05, 0) is 42.3 Å². The lowest BCUT2D eigenvalue weighted by Gasteiger charge is -2.18. The van der Waals surface area contributed by atoms with Crippen molar-refractivity contribution in [3.8, 4) is 11.5 Å². The number of ether oxygens (including phenoxy) is 2. The Kier molecular flexibility index (Phi) is 7.05. The van der Waals surface area contributed by atoms with E-state index in [-0.39, 0.29) is 24.2 Å². The van der Waals surface area contributed by atoms with Crippen LogP contribution in [0.5, 0.6) is 11.5 Å². The number of nitrogens with one attached hydrogen (secondary N) is 1. The molecule has 7 heteroatoms. The lowest BCUT2D eigenvalue weighted by molar-refractivity contribution is -0.142. The van der Waals surface area contributed by atoms with Gasteiger partial charge >= 0.3 is 12.0 Å². The monoisotopic (exact) mass is 372 g/mol. The number of aromatic hydroxyl groups is 1. The highest BCUT2D eigenvalue weighted by Crippen LogP contribution is 2.26. The number of phenols is 1. The summed E-state index contributed by atoms with van der Waals surface area (Å²) in [5.74, 6) is 0.131. The van der Waals surface area contributed by atoms with Crippen molar-refractivity contribution in [1.82, 2.24) is 4.90 Å². The predicted octanol–water partition coefficient (Wildman–Crippen LogP) is 3.17. The smallest absolute Gasteiger partial charge is 0.321 e. The lowest BCUT2D eigenvalue weighted by atomic mass is 10.1. The molecule has 144 valence electrons. The number of hydrogen-bond acceptors (Lipinski definition) is 5. The zero-order valence-corrected chi connectivity index (χ0v) is 15.7. The fraction of sp³-hybridized carbons (Fsp3) is 0.300. The molecule has 0 fully saturated rings. The van der Waals surface area contributed by atoms with Crippen molar-refractivity contribution in [3.05, 3.63) is 53.6 Å². The first-order chi connectivity index (χ1) is 12.9. The van der Waals surface area contributed by atoms with Gasteiger partial charge in [0.1, 0.15) is 0 Å². The zero-order chi connectivity index (χ0) is 19.8. The number of nitrogens with zero attached hydrogens (tertiary/aromatic N) is 1. The van der Waals surface area contributed by atoms with Crippen LogP contribution in [0.3, 0.4) is 0 Å². The first kappa shape index (κ1) is 20.1. The summed E-state index contributed by atoms with van der Waals surface area (Å²) in [5.41, 5.74) is 2.21. The summed E-state index contributed by atoms with van der Waals surface area (Å²) in [4.78, 5) is 25.3. The van der Waals surface area contributed by atoms with E-state index in [0.29, 0.717) is 24.6 Å². The highest BCUT2D eigenvalue weighted by Gasteiger charge is 2.11. The molecule has 2 aromatic carbocycles. The van der Waals surface area contributed by atoms with E-state index in [1.165, 1.54) is 12.0 Å². The van der Waals surface area contributed by atoms with E-state index in [9.17, 15) is 14.7 Å². The van der Waals surface area contributed by atoms with E-state index in [4.69, 9.17) is 9.47 Å². The van der Waals surface area contributed by atoms with Gasteiger partial charge in [-0.3, -0.25) is 4.79 Å². The molecule has 0 radical (unpaired) electrons. The molecule has 0 bridgehead atoms. The van der Waals surface area contributed by atoms with Crippen molar-refractivity contribution < 1.29 is 24.2 Å². The fourth-order valence-electron chi connectivity index (χ4n) is 2.48. The molecule has 0 saturated carbocycles. The average molecular weight is 372 g/mol. The van der Waals surface area contributed by atoms with E-state index in [1.807, 2.05) is 0 Å². The number of phenolic OH excluding ortho intramolecular Hbond substituents is 1. The van der Waals surface area contributed by atoms with E-state index in [2.05, 4.69) is 5.32 Å².